The molecule has 0 bridgehead atoms. The van der Waals surface area contributed by atoms with Crippen LogP contribution in [0.2, 0.25) is 0 Å². The minimum absolute atomic E-state index is 0.135. The average Bonchev–Trinajstić information content (AvgIpc) is 3.41. The van der Waals surface area contributed by atoms with Gasteiger partial charge in [0.15, 0.2) is 0 Å². The summed E-state index contributed by atoms with van der Waals surface area (Å²) in [7, 11) is -4.17. The van der Waals surface area contributed by atoms with Crippen molar-refractivity contribution in [3.05, 3.63) is 95.3 Å². The fourth-order valence-electron chi connectivity index (χ4n) is 4.71. The Morgan fingerprint density at radius 2 is 1.76 bits per heavy atom. The SMILES string of the molecule is O=S(=O)(c1cc(F)ccc1OCCN1CCOC1)N1Cc2ccccc2COCC1Cc1ccccc1. The lowest BCUT2D eigenvalue weighted by molar-refractivity contribution is 0.0673. The summed E-state index contributed by atoms with van der Waals surface area (Å²) in [5.74, 6) is -0.501. The van der Waals surface area contributed by atoms with Crippen LogP contribution < -0.4 is 4.74 Å². The highest BCUT2D eigenvalue weighted by Gasteiger charge is 2.36. The number of halogens is 1. The van der Waals surface area contributed by atoms with Crippen molar-refractivity contribution in [2.75, 3.05) is 39.6 Å². The average molecular weight is 527 g/mol. The third-order valence-corrected chi connectivity index (χ3v) is 8.64. The van der Waals surface area contributed by atoms with Crippen LogP contribution in [-0.2, 0) is 39.1 Å². The molecule has 0 spiro atoms. The first kappa shape index (κ1) is 25.8. The summed E-state index contributed by atoms with van der Waals surface area (Å²) in [6.07, 6.45) is 0.461. The molecule has 2 aliphatic heterocycles. The van der Waals surface area contributed by atoms with Crippen molar-refractivity contribution in [2.24, 2.45) is 0 Å². The summed E-state index contributed by atoms with van der Waals surface area (Å²) in [5.41, 5.74) is 2.79. The molecule has 1 unspecified atom stereocenters. The number of rotatable bonds is 8. The first-order chi connectivity index (χ1) is 18.0. The zero-order chi connectivity index (χ0) is 25.7. The molecular formula is C28H31FN2O5S. The van der Waals surface area contributed by atoms with Crippen molar-refractivity contribution in [1.82, 2.24) is 9.21 Å². The maximum atomic E-state index is 14.5. The summed E-state index contributed by atoms with van der Waals surface area (Å²) < 4.78 is 61.6. The smallest absolute Gasteiger partial charge is 0.247 e. The van der Waals surface area contributed by atoms with Gasteiger partial charge in [-0.3, -0.25) is 4.90 Å². The summed E-state index contributed by atoms with van der Waals surface area (Å²) in [5, 5.41) is 0. The fourth-order valence-corrected chi connectivity index (χ4v) is 6.44. The van der Waals surface area contributed by atoms with E-state index in [9.17, 15) is 12.8 Å². The number of sulfonamides is 1. The summed E-state index contributed by atoms with van der Waals surface area (Å²) in [4.78, 5) is 1.89. The lowest BCUT2D eigenvalue weighted by Gasteiger charge is -2.34. The largest absolute Gasteiger partial charge is 0.491 e. The molecule has 0 aromatic heterocycles. The van der Waals surface area contributed by atoms with Crippen LogP contribution in [0.5, 0.6) is 5.75 Å². The van der Waals surface area contributed by atoms with Gasteiger partial charge in [0.25, 0.3) is 0 Å². The number of fused-ring (bicyclic) bond motifs is 1. The van der Waals surface area contributed by atoms with Gasteiger partial charge < -0.3 is 14.2 Å². The molecule has 0 aliphatic carbocycles. The lowest BCUT2D eigenvalue weighted by atomic mass is 10.0. The molecule has 3 aromatic rings. The molecule has 7 nitrogen and oxygen atoms in total. The van der Waals surface area contributed by atoms with E-state index in [1.807, 2.05) is 54.6 Å². The van der Waals surface area contributed by atoms with Crippen molar-refractivity contribution in [2.45, 2.75) is 30.5 Å². The molecule has 0 N–H and O–H groups in total. The number of ether oxygens (including phenoxy) is 3. The van der Waals surface area contributed by atoms with Gasteiger partial charge >= 0.3 is 0 Å². The van der Waals surface area contributed by atoms with E-state index in [0.717, 1.165) is 29.3 Å². The van der Waals surface area contributed by atoms with Crippen LogP contribution in [0.25, 0.3) is 0 Å². The van der Waals surface area contributed by atoms with E-state index in [1.165, 1.54) is 16.4 Å². The summed E-state index contributed by atoms with van der Waals surface area (Å²) in [6.45, 7) is 3.60. The Bertz CT molecular complexity index is 1300. The molecule has 5 rings (SSSR count). The maximum absolute atomic E-state index is 14.5. The van der Waals surface area contributed by atoms with Gasteiger partial charge in [-0.2, -0.15) is 4.31 Å². The van der Waals surface area contributed by atoms with Gasteiger partial charge in [-0.05, 0) is 41.3 Å². The van der Waals surface area contributed by atoms with Crippen molar-refractivity contribution in [3.63, 3.8) is 0 Å². The molecule has 0 amide bonds. The highest BCUT2D eigenvalue weighted by atomic mass is 32.2. The number of nitrogens with zero attached hydrogens (tertiary/aromatic N) is 2. The van der Waals surface area contributed by atoms with Crippen LogP contribution in [0.15, 0.2) is 77.7 Å². The number of benzene rings is 3. The molecule has 1 fully saturated rings. The Kier molecular flexibility index (Phi) is 8.17. The van der Waals surface area contributed by atoms with E-state index in [0.29, 0.717) is 32.9 Å². The monoisotopic (exact) mass is 526 g/mol. The van der Waals surface area contributed by atoms with Gasteiger partial charge in [-0.15, -0.1) is 0 Å². The van der Waals surface area contributed by atoms with Gasteiger partial charge in [0.1, 0.15) is 23.1 Å². The van der Waals surface area contributed by atoms with Gasteiger partial charge in [0, 0.05) is 19.6 Å². The van der Waals surface area contributed by atoms with Crippen molar-refractivity contribution >= 4 is 10.0 Å². The fraction of sp³-hybridized carbons (Fsp3) is 0.357. The minimum Gasteiger partial charge on any atom is -0.491 e. The molecular weight excluding hydrogens is 495 g/mol. The van der Waals surface area contributed by atoms with Gasteiger partial charge in [0.05, 0.1) is 32.6 Å². The molecule has 196 valence electrons. The quantitative estimate of drug-likeness (QED) is 0.445. The lowest BCUT2D eigenvalue weighted by Crippen LogP contribution is -2.45. The van der Waals surface area contributed by atoms with Crippen LogP contribution in [-0.4, -0.2) is 63.3 Å². The van der Waals surface area contributed by atoms with Crippen LogP contribution in [0.3, 0.4) is 0 Å². The first-order valence-electron chi connectivity index (χ1n) is 12.4. The highest BCUT2D eigenvalue weighted by molar-refractivity contribution is 7.89. The normalized spacial score (nSPS) is 19.2. The molecule has 1 atom stereocenters. The molecule has 37 heavy (non-hydrogen) atoms. The van der Waals surface area contributed by atoms with E-state index < -0.39 is 21.9 Å². The van der Waals surface area contributed by atoms with Crippen LogP contribution >= 0.6 is 0 Å². The van der Waals surface area contributed by atoms with Crippen molar-refractivity contribution in [1.29, 1.82) is 0 Å². The van der Waals surface area contributed by atoms with Crippen LogP contribution in [0.1, 0.15) is 16.7 Å². The Morgan fingerprint density at radius 3 is 2.54 bits per heavy atom. The molecule has 0 radical (unpaired) electrons. The predicted molar refractivity (Wildman–Crippen MR) is 137 cm³/mol. The highest BCUT2D eigenvalue weighted by Crippen LogP contribution is 2.32. The number of hydrogen-bond acceptors (Lipinski definition) is 6. The first-order valence-corrected chi connectivity index (χ1v) is 13.9. The Labute approximate surface area is 217 Å². The molecule has 2 aliphatic rings. The Morgan fingerprint density at radius 1 is 0.973 bits per heavy atom. The van der Waals surface area contributed by atoms with Gasteiger partial charge in [-0.1, -0.05) is 54.6 Å². The van der Waals surface area contributed by atoms with Crippen LogP contribution in [0.4, 0.5) is 4.39 Å². The third kappa shape index (κ3) is 6.19. The number of hydrogen-bond donors (Lipinski definition) is 0. The van der Waals surface area contributed by atoms with Gasteiger partial charge in [-0.25, -0.2) is 12.8 Å². The molecule has 3 aromatic carbocycles. The van der Waals surface area contributed by atoms with Crippen molar-refractivity contribution < 1.29 is 27.0 Å². The van der Waals surface area contributed by atoms with Gasteiger partial charge in [0.2, 0.25) is 10.0 Å². The van der Waals surface area contributed by atoms with Crippen LogP contribution in [0, 0.1) is 5.82 Å². The molecule has 9 heteroatoms. The van der Waals surface area contributed by atoms with Crippen molar-refractivity contribution in [3.8, 4) is 5.75 Å². The Hall–Kier alpha value is -2.82. The second kappa shape index (κ2) is 11.7. The summed E-state index contributed by atoms with van der Waals surface area (Å²) in [6, 6.07) is 20.5. The maximum Gasteiger partial charge on any atom is 0.247 e. The standard InChI is InChI=1S/C28H31FN2O5S/c29-25-10-11-27(36-15-13-30-12-14-34-21-30)28(17-25)37(32,33)31-18-23-8-4-5-9-24(23)19-35-20-26(31)16-22-6-2-1-3-7-22/h1-11,17,26H,12-16,18-21H2. The summed E-state index contributed by atoms with van der Waals surface area (Å²) >= 11 is 0. The topological polar surface area (TPSA) is 68.3 Å². The van der Waals surface area contributed by atoms with E-state index >= 15 is 0 Å². The Balaban J connectivity index is 1.48. The second-order valence-electron chi connectivity index (χ2n) is 9.27. The molecule has 1 saturated heterocycles. The molecule has 2 heterocycles. The van der Waals surface area contributed by atoms with E-state index in [2.05, 4.69) is 4.90 Å². The zero-order valence-electron chi connectivity index (χ0n) is 20.6. The van der Waals surface area contributed by atoms with E-state index in [-0.39, 0.29) is 30.4 Å². The van der Waals surface area contributed by atoms with E-state index in [1.54, 1.807) is 0 Å². The van der Waals surface area contributed by atoms with E-state index in [4.69, 9.17) is 14.2 Å². The second-order valence-corrected chi connectivity index (χ2v) is 11.1. The molecule has 0 saturated carbocycles. The predicted octanol–water partition coefficient (Wildman–Crippen LogP) is 3.83. The third-order valence-electron chi connectivity index (χ3n) is 6.72. The minimum atomic E-state index is -4.17. The zero-order valence-corrected chi connectivity index (χ0v) is 21.4.